The van der Waals surface area contributed by atoms with Gasteiger partial charge in [-0.25, -0.2) is 0 Å². The number of nitrogens with one attached hydrogen (secondary N) is 2. The molecular weight excluding hydrogens is 408 g/mol. The SMILES string of the molecule is COc1ccc(OC)c(NSc2ccc(NC(=O)CCCc3ccc(C)cc3)cc2)c1. The van der Waals surface area contributed by atoms with Crippen molar-refractivity contribution in [2.75, 3.05) is 24.3 Å². The van der Waals surface area contributed by atoms with Crippen molar-refractivity contribution >= 4 is 29.2 Å². The number of aryl methyl sites for hydroxylation is 2. The minimum absolute atomic E-state index is 0.0340. The van der Waals surface area contributed by atoms with Gasteiger partial charge in [-0.1, -0.05) is 29.8 Å². The second kappa shape index (κ2) is 11.3. The van der Waals surface area contributed by atoms with E-state index >= 15 is 0 Å². The lowest BCUT2D eigenvalue weighted by atomic mass is 10.1. The Morgan fingerprint density at radius 3 is 2.35 bits per heavy atom. The zero-order valence-corrected chi connectivity index (χ0v) is 18.9. The fraction of sp³-hybridized carbons (Fsp3) is 0.240. The van der Waals surface area contributed by atoms with E-state index in [1.165, 1.54) is 23.1 Å². The molecule has 0 aliphatic heterocycles. The number of carbonyl (C=O) groups is 1. The van der Waals surface area contributed by atoms with Gasteiger partial charge in [0.15, 0.2) is 0 Å². The molecule has 31 heavy (non-hydrogen) atoms. The summed E-state index contributed by atoms with van der Waals surface area (Å²) in [5.74, 6) is 1.53. The molecule has 0 saturated heterocycles. The van der Waals surface area contributed by atoms with Gasteiger partial charge in [0, 0.05) is 23.1 Å². The van der Waals surface area contributed by atoms with Crippen LogP contribution in [0.3, 0.4) is 0 Å². The molecular formula is C25H28N2O3S. The quantitative estimate of drug-likeness (QED) is 0.377. The van der Waals surface area contributed by atoms with Crippen molar-refractivity contribution in [2.45, 2.75) is 31.1 Å². The van der Waals surface area contributed by atoms with E-state index in [0.29, 0.717) is 6.42 Å². The number of benzene rings is 3. The number of hydrogen-bond donors (Lipinski definition) is 2. The van der Waals surface area contributed by atoms with Crippen LogP contribution in [0.2, 0.25) is 0 Å². The first-order valence-corrected chi connectivity index (χ1v) is 11.0. The van der Waals surface area contributed by atoms with Crippen LogP contribution in [0.4, 0.5) is 11.4 Å². The molecule has 0 fully saturated rings. The molecule has 0 aliphatic carbocycles. The zero-order valence-electron chi connectivity index (χ0n) is 18.1. The molecule has 1 amide bonds. The molecule has 3 aromatic rings. The Morgan fingerprint density at radius 2 is 1.68 bits per heavy atom. The van der Waals surface area contributed by atoms with Crippen molar-refractivity contribution in [3.05, 3.63) is 77.9 Å². The van der Waals surface area contributed by atoms with Gasteiger partial charge >= 0.3 is 0 Å². The number of carbonyl (C=O) groups excluding carboxylic acids is 1. The van der Waals surface area contributed by atoms with Crippen LogP contribution in [0.1, 0.15) is 24.0 Å². The van der Waals surface area contributed by atoms with Crippen LogP contribution < -0.4 is 19.5 Å². The van der Waals surface area contributed by atoms with Crippen molar-refractivity contribution in [3.63, 3.8) is 0 Å². The molecule has 0 radical (unpaired) electrons. The summed E-state index contributed by atoms with van der Waals surface area (Å²) in [6.45, 7) is 2.08. The van der Waals surface area contributed by atoms with E-state index < -0.39 is 0 Å². The molecule has 3 rings (SSSR count). The van der Waals surface area contributed by atoms with Crippen molar-refractivity contribution in [3.8, 4) is 11.5 Å². The van der Waals surface area contributed by atoms with E-state index in [4.69, 9.17) is 9.47 Å². The maximum absolute atomic E-state index is 12.2. The Balaban J connectivity index is 1.46. The molecule has 6 heteroatoms. The normalized spacial score (nSPS) is 10.4. The van der Waals surface area contributed by atoms with E-state index in [-0.39, 0.29) is 5.91 Å². The standard InChI is InChI=1S/C25H28N2O3S/c1-18-7-9-19(10-8-18)5-4-6-25(28)26-20-11-14-22(15-12-20)31-27-23-17-21(29-2)13-16-24(23)30-3/h7-17,27H,4-6H2,1-3H3,(H,26,28). The number of hydrogen-bond acceptors (Lipinski definition) is 5. The van der Waals surface area contributed by atoms with Crippen molar-refractivity contribution in [1.29, 1.82) is 0 Å². The number of anilines is 2. The van der Waals surface area contributed by atoms with Gasteiger partial charge in [0.25, 0.3) is 0 Å². The molecule has 0 unspecified atom stereocenters. The van der Waals surface area contributed by atoms with E-state index in [2.05, 4.69) is 41.2 Å². The van der Waals surface area contributed by atoms with Crippen LogP contribution in [0.25, 0.3) is 0 Å². The lowest BCUT2D eigenvalue weighted by Gasteiger charge is -2.12. The van der Waals surface area contributed by atoms with E-state index in [1.807, 2.05) is 42.5 Å². The van der Waals surface area contributed by atoms with Crippen LogP contribution in [0, 0.1) is 6.92 Å². The Bertz CT molecular complexity index is 989. The van der Waals surface area contributed by atoms with Gasteiger partial charge in [-0.15, -0.1) is 0 Å². The largest absolute Gasteiger partial charge is 0.497 e. The van der Waals surface area contributed by atoms with Gasteiger partial charge in [-0.3, -0.25) is 4.79 Å². The summed E-state index contributed by atoms with van der Waals surface area (Å²) in [6, 6.07) is 21.8. The third-order valence-corrected chi connectivity index (χ3v) is 5.64. The summed E-state index contributed by atoms with van der Waals surface area (Å²) >= 11 is 1.46. The lowest BCUT2D eigenvalue weighted by Crippen LogP contribution is -2.11. The number of rotatable bonds is 10. The van der Waals surface area contributed by atoms with Crippen LogP contribution >= 0.6 is 11.9 Å². The lowest BCUT2D eigenvalue weighted by molar-refractivity contribution is -0.116. The van der Waals surface area contributed by atoms with Gasteiger partial charge in [-0.2, -0.15) is 0 Å². The Hall–Kier alpha value is -3.12. The molecule has 2 N–H and O–H groups in total. The first kappa shape index (κ1) is 22.6. The first-order chi connectivity index (χ1) is 15.1. The highest BCUT2D eigenvalue weighted by Crippen LogP contribution is 2.32. The van der Waals surface area contributed by atoms with Gasteiger partial charge in [-0.05, 0) is 73.7 Å². The van der Waals surface area contributed by atoms with E-state index in [0.717, 1.165) is 40.6 Å². The molecule has 0 bridgehead atoms. The molecule has 0 atom stereocenters. The summed E-state index contributed by atoms with van der Waals surface area (Å²) in [4.78, 5) is 13.2. The highest BCUT2D eigenvalue weighted by molar-refractivity contribution is 8.00. The average molecular weight is 437 g/mol. The van der Waals surface area contributed by atoms with Gasteiger partial charge in [0.1, 0.15) is 11.5 Å². The Labute approximate surface area is 188 Å². The summed E-state index contributed by atoms with van der Waals surface area (Å²) in [5, 5.41) is 2.97. The minimum atomic E-state index is 0.0340. The Kier molecular flexibility index (Phi) is 8.24. The summed E-state index contributed by atoms with van der Waals surface area (Å²) in [7, 11) is 3.27. The molecule has 0 heterocycles. The maximum atomic E-state index is 12.2. The average Bonchev–Trinajstić information content (AvgIpc) is 2.79. The second-order valence-electron chi connectivity index (χ2n) is 7.18. The molecule has 162 valence electrons. The molecule has 5 nitrogen and oxygen atoms in total. The number of ether oxygens (including phenoxy) is 2. The topological polar surface area (TPSA) is 59.6 Å². The van der Waals surface area contributed by atoms with Crippen LogP contribution in [-0.4, -0.2) is 20.1 Å². The second-order valence-corrected chi connectivity index (χ2v) is 8.06. The summed E-state index contributed by atoms with van der Waals surface area (Å²) in [5.41, 5.74) is 4.14. The van der Waals surface area contributed by atoms with Crippen molar-refractivity contribution < 1.29 is 14.3 Å². The highest BCUT2D eigenvalue weighted by atomic mass is 32.2. The third kappa shape index (κ3) is 6.96. The predicted octanol–water partition coefficient (Wildman–Crippen LogP) is 6.09. The van der Waals surface area contributed by atoms with Crippen LogP contribution in [0.5, 0.6) is 11.5 Å². The van der Waals surface area contributed by atoms with Crippen molar-refractivity contribution in [1.82, 2.24) is 0 Å². The Morgan fingerprint density at radius 1 is 0.935 bits per heavy atom. The molecule has 3 aromatic carbocycles. The van der Waals surface area contributed by atoms with Crippen molar-refractivity contribution in [2.24, 2.45) is 0 Å². The van der Waals surface area contributed by atoms with Crippen LogP contribution in [0.15, 0.2) is 71.6 Å². The summed E-state index contributed by atoms with van der Waals surface area (Å²) < 4.78 is 13.9. The number of methoxy groups -OCH3 is 2. The van der Waals surface area contributed by atoms with E-state index in [9.17, 15) is 4.79 Å². The zero-order chi connectivity index (χ0) is 22.1. The minimum Gasteiger partial charge on any atom is -0.497 e. The monoisotopic (exact) mass is 436 g/mol. The van der Waals surface area contributed by atoms with E-state index in [1.54, 1.807) is 14.2 Å². The van der Waals surface area contributed by atoms with Gasteiger partial charge in [0.05, 0.1) is 19.9 Å². The highest BCUT2D eigenvalue weighted by Gasteiger charge is 2.07. The van der Waals surface area contributed by atoms with Crippen LogP contribution in [-0.2, 0) is 11.2 Å². The molecule has 0 saturated carbocycles. The predicted molar refractivity (Wildman–Crippen MR) is 128 cm³/mol. The fourth-order valence-corrected chi connectivity index (χ4v) is 3.70. The van der Waals surface area contributed by atoms with Gasteiger partial charge in [0.2, 0.25) is 5.91 Å². The molecule has 0 aromatic heterocycles. The molecule has 0 spiro atoms. The fourth-order valence-electron chi connectivity index (χ4n) is 3.05. The molecule has 0 aliphatic rings. The van der Waals surface area contributed by atoms with Gasteiger partial charge < -0.3 is 19.5 Å². The number of amides is 1. The smallest absolute Gasteiger partial charge is 0.224 e. The maximum Gasteiger partial charge on any atom is 0.224 e. The summed E-state index contributed by atoms with van der Waals surface area (Å²) in [6.07, 6.45) is 2.24. The third-order valence-electron chi connectivity index (χ3n) is 4.81. The first-order valence-electron chi connectivity index (χ1n) is 10.2.